The molecule has 4 N–H and O–H groups in total. The number of carbonyl (C=O) groups excluding carboxylic acids is 2. The van der Waals surface area contributed by atoms with E-state index >= 15 is 0 Å². The number of primary amides is 1. The molecule has 20 heavy (non-hydrogen) atoms. The summed E-state index contributed by atoms with van der Waals surface area (Å²) < 4.78 is 11.0. The Morgan fingerprint density at radius 3 is 2.80 bits per heavy atom. The molecule has 2 heterocycles. The van der Waals surface area contributed by atoms with E-state index in [1.807, 2.05) is 0 Å². The standard InChI is InChI=1S/C11H14N2O6Se/c1-4(15)18-8-7(16)6(2-14)19-9(8)11-13-5(3-20-11)10(12)17/h3,6-9,14,16H,2H2,1H3,(H2,12,17)/t6-,7-,8-,9-/m1/s1. The molecule has 1 aromatic rings. The number of ether oxygens (including phenoxy) is 2. The third-order valence-electron chi connectivity index (χ3n) is 2.84. The Morgan fingerprint density at radius 2 is 2.30 bits per heavy atom. The van der Waals surface area contributed by atoms with E-state index in [0.717, 1.165) is 0 Å². The third kappa shape index (κ3) is 2.92. The van der Waals surface area contributed by atoms with Gasteiger partial charge in [-0.1, -0.05) is 0 Å². The van der Waals surface area contributed by atoms with Gasteiger partial charge in [-0.15, -0.1) is 0 Å². The number of nitrogens with two attached hydrogens (primary N) is 1. The van der Waals surface area contributed by atoms with Crippen LogP contribution in [0.4, 0.5) is 0 Å². The summed E-state index contributed by atoms with van der Waals surface area (Å²) >= 11 is -0.280. The topological polar surface area (TPSA) is 132 Å². The van der Waals surface area contributed by atoms with E-state index in [9.17, 15) is 14.7 Å². The number of amides is 1. The van der Waals surface area contributed by atoms with Gasteiger partial charge < -0.3 is 0 Å². The van der Waals surface area contributed by atoms with Crippen molar-refractivity contribution in [3.05, 3.63) is 15.2 Å². The molecule has 1 fully saturated rings. The van der Waals surface area contributed by atoms with Gasteiger partial charge in [0.25, 0.3) is 0 Å². The van der Waals surface area contributed by atoms with Gasteiger partial charge in [0.1, 0.15) is 0 Å². The average Bonchev–Trinajstić information content (AvgIpc) is 2.96. The zero-order valence-corrected chi connectivity index (χ0v) is 12.3. The van der Waals surface area contributed by atoms with Crippen LogP contribution in [0.2, 0.25) is 0 Å². The molecule has 0 aromatic carbocycles. The Hall–Kier alpha value is -1.25. The second-order valence-corrected chi connectivity index (χ2v) is 6.14. The predicted molar refractivity (Wildman–Crippen MR) is 66.0 cm³/mol. The number of hydrogen-bond acceptors (Lipinski definition) is 7. The zero-order chi connectivity index (χ0) is 14.9. The molecule has 110 valence electrons. The Morgan fingerprint density at radius 1 is 1.60 bits per heavy atom. The third-order valence-corrected chi connectivity index (χ3v) is 4.74. The predicted octanol–water partition coefficient (Wildman–Crippen LogP) is -2.04. The van der Waals surface area contributed by atoms with E-state index in [0.29, 0.717) is 4.57 Å². The Labute approximate surface area is 120 Å². The van der Waals surface area contributed by atoms with Gasteiger partial charge in [-0.25, -0.2) is 0 Å². The fourth-order valence-electron chi connectivity index (χ4n) is 1.94. The fourth-order valence-corrected chi connectivity index (χ4v) is 3.78. The maximum absolute atomic E-state index is 11.1. The van der Waals surface area contributed by atoms with Crippen LogP contribution in [0.5, 0.6) is 0 Å². The van der Waals surface area contributed by atoms with Crippen molar-refractivity contribution in [2.24, 2.45) is 5.73 Å². The first kappa shape index (κ1) is 15.1. The molecule has 0 saturated carbocycles. The first-order valence-electron chi connectivity index (χ1n) is 5.81. The fraction of sp³-hybridized carbons (Fsp3) is 0.545. The first-order valence-corrected chi connectivity index (χ1v) is 7.65. The summed E-state index contributed by atoms with van der Waals surface area (Å²) in [5, 5.41) is 19.1. The van der Waals surface area contributed by atoms with E-state index < -0.39 is 42.9 Å². The van der Waals surface area contributed by atoms with E-state index in [4.69, 9.17) is 20.3 Å². The number of hydrogen-bond donors (Lipinski definition) is 3. The molecule has 0 radical (unpaired) electrons. The average molecular weight is 349 g/mol. The van der Waals surface area contributed by atoms with Crippen molar-refractivity contribution >= 4 is 26.4 Å². The Kier molecular flexibility index (Phi) is 4.56. The van der Waals surface area contributed by atoms with Crippen LogP contribution in [0.1, 0.15) is 28.1 Å². The van der Waals surface area contributed by atoms with Gasteiger partial charge in [0.15, 0.2) is 0 Å². The van der Waals surface area contributed by atoms with Crippen LogP contribution >= 0.6 is 0 Å². The van der Waals surface area contributed by atoms with E-state index in [-0.39, 0.29) is 20.2 Å². The molecule has 4 atom stereocenters. The molecular weight excluding hydrogens is 335 g/mol. The van der Waals surface area contributed by atoms with Gasteiger partial charge in [-0.2, -0.15) is 0 Å². The normalized spacial score (nSPS) is 29.4. The second kappa shape index (κ2) is 6.02. The maximum atomic E-state index is 11.1. The quantitative estimate of drug-likeness (QED) is 0.422. The van der Waals surface area contributed by atoms with Crippen LogP contribution in [0.3, 0.4) is 0 Å². The van der Waals surface area contributed by atoms with Gasteiger partial charge in [0.2, 0.25) is 0 Å². The molecular formula is C11H14N2O6Se. The molecule has 8 nitrogen and oxygen atoms in total. The summed E-state index contributed by atoms with van der Waals surface area (Å²) in [7, 11) is 0. The molecule has 0 bridgehead atoms. The van der Waals surface area contributed by atoms with Crippen molar-refractivity contribution in [1.29, 1.82) is 0 Å². The minimum absolute atomic E-state index is 0.132. The van der Waals surface area contributed by atoms with Crippen LogP contribution in [0.15, 0.2) is 4.94 Å². The van der Waals surface area contributed by atoms with Crippen LogP contribution in [0.25, 0.3) is 0 Å². The van der Waals surface area contributed by atoms with Crippen molar-refractivity contribution < 1.29 is 29.3 Å². The van der Waals surface area contributed by atoms with Crippen molar-refractivity contribution in [3.63, 3.8) is 0 Å². The molecule has 9 heteroatoms. The van der Waals surface area contributed by atoms with Gasteiger partial charge in [-0.3, -0.25) is 0 Å². The Bertz CT molecular complexity index is 519. The summed E-state index contributed by atoms with van der Waals surface area (Å²) in [6.07, 6.45) is -3.74. The van der Waals surface area contributed by atoms with Gasteiger partial charge in [0.05, 0.1) is 0 Å². The van der Waals surface area contributed by atoms with Crippen LogP contribution < -0.4 is 5.73 Å². The molecule has 1 aliphatic heterocycles. The van der Waals surface area contributed by atoms with Gasteiger partial charge in [0, 0.05) is 0 Å². The van der Waals surface area contributed by atoms with E-state index in [1.165, 1.54) is 6.92 Å². The van der Waals surface area contributed by atoms with Gasteiger partial charge in [-0.05, 0) is 0 Å². The first-order chi connectivity index (χ1) is 9.43. The summed E-state index contributed by atoms with van der Waals surface area (Å²) in [4.78, 5) is 27.8. The van der Waals surface area contributed by atoms with Crippen LogP contribution in [-0.2, 0) is 14.3 Å². The van der Waals surface area contributed by atoms with Crippen LogP contribution in [-0.4, -0.2) is 66.5 Å². The summed E-state index contributed by atoms with van der Waals surface area (Å²) in [5.41, 5.74) is 5.27. The molecule has 1 saturated heterocycles. The zero-order valence-electron chi connectivity index (χ0n) is 10.6. The molecule has 1 amide bonds. The monoisotopic (exact) mass is 350 g/mol. The van der Waals surface area contributed by atoms with Crippen molar-refractivity contribution in [3.8, 4) is 0 Å². The van der Waals surface area contributed by atoms with Crippen molar-refractivity contribution in [2.75, 3.05) is 6.61 Å². The number of rotatable bonds is 4. The number of nitrogens with zero attached hydrogens (tertiary/aromatic N) is 1. The minimum atomic E-state index is -1.15. The molecule has 1 aromatic heterocycles. The number of aromatic nitrogens is 1. The molecule has 0 aliphatic carbocycles. The van der Waals surface area contributed by atoms with Crippen molar-refractivity contribution in [1.82, 2.24) is 4.98 Å². The number of aliphatic hydroxyl groups is 2. The molecule has 0 unspecified atom stereocenters. The number of carbonyl (C=O) groups is 2. The molecule has 0 spiro atoms. The van der Waals surface area contributed by atoms with E-state index in [2.05, 4.69) is 4.98 Å². The summed E-state index contributed by atoms with van der Waals surface area (Å²) in [5.74, 6) is -1.22. The number of esters is 1. The molecule has 2 rings (SSSR count). The second-order valence-electron chi connectivity index (χ2n) is 4.28. The SMILES string of the molecule is CC(=O)O[C@@H]1[C@H](O)[C@@H](CO)O[C@H]1c1nc(C(N)=O)c[se]1. The van der Waals surface area contributed by atoms with Crippen LogP contribution in [0, 0.1) is 0 Å². The van der Waals surface area contributed by atoms with E-state index in [1.54, 1.807) is 4.94 Å². The van der Waals surface area contributed by atoms with Gasteiger partial charge >= 0.3 is 120 Å². The Balaban J connectivity index is 2.26. The number of aliphatic hydroxyl groups excluding tert-OH is 2. The summed E-state index contributed by atoms with van der Waals surface area (Å²) in [6, 6.07) is 0. The molecule has 1 aliphatic rings. The van der Waals surface area contributed by atoms with Crippen molar-refractivity contribution in [2.45, 2.75) is 31.3 Å². The summed E-state index contributed by atoms with van der Waals surface area (Å²) in [6.45, 7) is 0.802.